The average molecular weight is 397 g/mol. The molecule has 3 aromatic rings. The number of nitrogens with zero attached hydrogens (tertiary/aromatic N) is 3. The van der Waals surface area contributed by atoms with Crippen LogP contribution < -0.4 is 14.3 Å². The van der Waals surface area contributed by atoms with Gasteiger partial charge in [-0.05, 0) is 49.7 Å². The van der Waals surface area contributed by atoms with Gasteiger partial charge in [-0.15, -0.1) is 11.3 Å². The van der Waals surface area contributed by atoms with E-state index in [1.54, 1.807) is 23.0 Å². The molecule has 1 aliphatic heterocycles. The summed E-state index contributed by atoms with van der Waals surface area (Å²) in [5.41, 5.74) is 2.01. The number of aromatic nitrogens is 1. The third-order valence-electron chi connectivity index (χ3n) is 4.09. The number of hydrogen-bond donors (Lipinski definition) is 0. The van der Waals surface area contributed by atoms with Crippen LogP contribution in [0.2, 0.25) is 0 Å². The maximum atomic E-state index is 14.4. The monoisotopic (exact) mass is 397 g/mol. The van der Waals surface area contributed by atoms with E-state index >= 15 is 0 Å². The van der Waals surface area contributed by atoms with E-state index in [1.807, 2.05) is 43.5 Å². The number of halogens is 1. The van der Waals surface area contributed by atoms with Gasteiger partial charge in [-0.3, -0.25) is 4.99 Å². The molecule has 1 aromatic heterocycles. The van der Waals surface area contributed by atoms with Gasteiger partial charge in [0.25, 0.3) is 0 Å². The second kappa shape index (κ2) is 7.98. The van der Waals surface area contributed by atoms with Crippen LogP contribution in [0.3, 0.4) is 0 Å². The maximum Gasteiger partial charge on any atom is 0.206 e. The van der Waals surface area contributed by atoms with Crippen molar-refractivity contribution >= 4 is 17.6 Å². The summed E-state index contributed by atoms with van der Waals surface area (Å²) in [6.07, 6.45) is 1.72. The highest BCUT2D eigenvalue weighted by Crippen LogP contribution is 2.30. The van der Waals surface area contributed by atoms with Crippen molar-refractivity contribution in [3.05, 3.63) is 64.0 Å². The highest BCUT2D eigenvalue weighted by atomic mass is 32.1. The largest absolute Gasteiger partial charge is 0.486 e. The molecule has 0 aliphatic carbocycles. The van der Waals surface area contributed by atoms with Crippen molar-refractivity contribution in [1.29, 1.82) is 0 Å². The van der Waals surface area contributed by atoms with Crippen LogP contribution in [-0.2, 0) is 0 Å². The molecule has 1 aliphatic rings. The molecule has 0 bridgehead atoms. The molecule has 4 rings (SSSR count). The quantitative estimate of drug-likeness (QED) is 0.616. The number of fused-ring (bicyclic) bond motifs is 1. The first-order chi connectivity index (χ1) is 13.6. The Hall–Kier alpha value is -2.93. The minimum absolute atomic E-state index is 0.0999. The van der Waals surface area contributed by atoms with Crippen LogP contribution in [0.1, 0.15) is 19.4 Å². The van der Waals surface area contributed by atoms with Crippen LogP contribution in [-0.4, -0.2) is 30.1 Å². The minimum atomic E-state index is -0.292. The summed E-state index contributed by atoms with van der Waals surface area (Å²) in [7, 11) is 0. The molecule has 2 aromatic carbocycles. The Morgan fingerprint density at radius 2 is 1.89 bits per heavy atom. The highest BCUT2D eigenvalue weighted by Gasteiger charge is 2.13. The zero-order valence-corrected chi connectivity index (χ0v) is 16.4. The Labute approximate surface area is 166 Å². The van der Waals surface area contributed by atoms with Crippen molar-refractivity contribution in [2.24, 2.45) is 10.1 Å². The fourth-order valence-electron chi connectivity index (χ4n) is 2.84. The van der Waals surface area contributed by atoms with Crippen LogP contribution >= 0.6 is 11.3 Å². The molecule has 28 heavy (non-hydrogen) atoms. The van der Waals surface area contributed by atoms with E-state index in [0.29, 0.717) is 35.0 Å². The number of thiazole rings is 1. The Bertz CT molecular complexity index is 1090. The summed E-state index contributed by atoms with van der Waals surface area (Å²) < 4.78 is 27.2. The predicted octanol–water partition coefficient (Wildman–Crippen LogP) is 4.32. The van der Waals surface area contributed by atoms with Crippen molar-refractivity contribution in [2.45, 2.75) is 19.9 Å². The van der Waals surface area contributed by atoms with Crippen molar-refractivity contribution in [2.75, 3.05) is 13.2 Å². The lowest BCUT2D eigenvalue weighted by Crippen LogP contribution is -2.16. The summed E-state index contributed by atoms with van der Waals surface area (Å²) in [6.45, 7) is 5.08. The number of ether oxygens (including phenoxy) is 2. The SMILES string of the molecule is CC(C)N=c1scc(-c2ccccc2F)n1/N=C/c1ccc2c(c1)OCCO2. The molecule has 0 amide bonds. The van der Waals surface area contributed by atoms with Gasteiger partial charge in [0.15, 0.2) is 11.5 Å². The second-order valence-electron chi connectivity index (χ2n) is 6.57. The van der Waals surface area contributed by atoms with Crippen molar-refractivity contribution < 1.29 is 13.9 Å². The molecule has 144 valence electrons. The normalized spacial score (nSPS) is 14.2. The molecule has 5 nitrogen and oxygen atoms in total. The van der Waals surface area contributed by atoms with Crippen LogP contribution in [0.15, 0.2) is 57.9 Å². The summed E-state index contributed by atoms with van der Waals surface area (Å²) in [5.74, 6) is 1.14. The lowest BCUT2D eigenvalue weighted by Gasteiger charge is -2.18. The molecule has 0 radical (unpaired) electrons. The Morgan fingerprint density at radius 1 is 1.11 bits per heavy atom. The topological polar surface area (TPSA) is 48.1 Å². The lowest BCUT2D eigenvalue weighted by molar-refractivity contribution is 0.171. The van der Waals surface area contributed by atoms with Gasteiger partial charge in [0.1, 0.15) is 19.0 Å². The number of rotatable bonds is 4. The summed E-state index contributed by atoms with van der Waals surface area (Å²) in [5, 5.41) is 6.48. The first kappa shape index (κ1) is 18.4. The average Bonchev–Trinajstić information content (AvgIpc) is 3.08. The smallest absolute Gasteiger partial charge is 0.206 e. The van der Waals surface area contributed by atoms with Crippen LogP contribution in [0.5, 0.6) is 11.5 Å². The Kier molecular flexibility index (Phi) is 5.25. The summed E-state index contributed by atoms with van der Waals surface area (Å²) >= 11 is 1.44. The van der Waals surface area contributed by atoms with Gasteiger partial charge in [-0.2, -0.15) is 5.10 Å². The van der Waals surface area contributed by atoms with Crippen LogP contribution in [0, 0.1) is 5.82 Å². The number of benzene rings is 2. The maximum absolute atomic E-state index is 14.4. The van der Waals surface area contributed by atoms with Gasteiger partial charge in [-0.25, -0.2) is 9.07 Å². The van der Waals surface area contributed by atoms with E-state index in [2.05, 4.69) is 10.1 Å². The van der Waals surface area contributed by atoms with Gasteiger partial charge in [0.2, 0.25) is 4.80 Å². The van der Waals surface area contributed by atoms with Crippen molar-refractivity contribution in [3.63, 3.8) is 0 Å². The number of hydrogen-bond acceptors (Lipinski definition) is 5. The molecule has 2 heterocycles. The predicted molar refractivity (Wildman–Crippen MR) is 109 cm³/mol. The minimum Gasteiger partial charge on any atom is -0.486 e. The van der Waals surface area contributed by atoms with Gasteiger partial charge in [-0.1, -0.05) is 12.1 Å². The summed E-state index contributed by atoms with van der Waals surface area (Å²) in [4.78, 5) is 5.33. The molecular weight excluding hydrogens is 377 g/mol. The molecular formula is C21H20FN3O2S. The zero-order valence-electron chi connectivity index (χ0n) is 15.6. The van der Waals surface area contributed by atoms with E-state index in [9.17, 15) is 4.39 Å². The van der Waals surface area contributed by atoms with E-state index in [1.165, 1.54) is 17.4 Å². The molecule has 0 saturated carbocycles. The highest BCUT2D eigenvalue weighted by molar-refractivity contribution is 7.07. The van der Waals surface area contributed by atoms with Crippen molar-refractivity contribution in [1.82, 2.24) is 4.68 Å². The second-order valence-corrected chi connectivity index (χ2v) is 7.40. The fourth-order valence-corrected chi connectivity index (χ4v) is 3.80. The molecule has 0 spiro atoms. The van der Waals surface area contributed by atoms with Gasteiger partial charge in [0.05, 0.1) is 11.9 Å². The third kappa shape index (κ3) is 3.84. The standard InChI is InChI=1S/C21H20FN3O2S/c1-14(2)24-21-25(18(13-28-21)16-5-3-4-6-17(16)22)23-12-15-7-8-19-20(11-15)27-10-9-26-19/h3-8,11-14H,9-10H2,1-2H3/b23-12+,24-21?. The zero-order chi connectivity index (χ0) is 19.5. The van der Waals surface area contributed by atoms with Crippen LogP contribution in [0.25, 0.3) is 11.3 Å². The fraction of sp³-hybridized carbons (Fsp3) is 0.238. The molecule has 0 atom stereocenters. The molecule has 0 N–H and O–H groups in total. The molecule has 0 fully saturated rings. The third-order valence-corrected chi connectivity index (χ3v) is 4.92. The Balaban J connectivity index is 1.77. The first-order valence-corrected chi connectivity index (χ1v) is 9.93. The molecule has 0 unspecified atom stereocenters. The van der Waals surface area contributed by atoms with E-state index < -0.39 is 0 Å². The van der Waals surface area contributed by atoms with Crippen LogP contribution in [0.4, 0.5) is 4.39 Å². The molecule has 7 heteroatoms. The van der Waals surface area contributed by atoms with E-state index in [-0.39, 0.29) is 11.9 Å². The summed E-state index contributed by atoms with van der Waals surface area (Å²) in [6, 6.07) is 12.4. The van der Waals surface area contributed by atoms with Gasteiger partial charge in [0, 0.05) is 17.0 Å². The Morgan fingerprint density at radius 3 is 2.68 bits per heavy atom. The van der Waals surface area contributed by atoms with E-state index in [4.69, 9.17) is 9.47 Å². The van der Waals surface area contributed by atoms with Gasteiger partial charge >= 0.3 is 0 Å². The van der Waals surface area contributed by atoms with Gasteiger partial charge < -0.3 is 9.47 Å². The van der Waals surface area contributed by atoms with Crippen molar-refractivity contribution in [3.8, 4) is 22.8 Å². The van der Waals surface area contributed by atoms with E-state index in [0.717, 1.165) is 11.3 Å². The molecule has 0 saturated heterocycles. The lowest BCUT2D eigenvalue weighted by atomic mass is 10.1. The first-order valence-electron chi connectivity index (χ1n) is 9.05.